The Balaban J connectivity index is 0.00000112. The summed E-state index contributed by atoms with van der Waals surface area (Å²) < 4.78 is 33.6. The Hall–Kier alpha value is -0.240. The topological polar surface area (TPSA) is 55.4 Å². The molecule has 2 aliphatic rings. The van der Waals surface area contributed by atoms with Gasteiger partial charge in [-0.25, -0.2) is 0 Å². The molecule has 0 N–H and O–H groups in total. The normalized spacial score (nSPS) is 36.5. The van der Waals surface area contributed by atoms with E-state index < -0.39 is 11.9 Å². The second-order valence-electron chi connectivity index (χ2n) is 5.14. The Bertz CT molecular complexity index is 246. The number of methoxy groups -OCH3 is 2. The molecule has 1 spiro atoms. The molecule has 0 aromatic heterocycles. The van der Waals surface area contributed by atoms with E-state index in [1.165, 1.54) is 0 Å². The Kier molecular flexibility index (Phi) is 10.5. The largest absolute Gasteiger partial charge is 0.331 e. The van der Waals surface area contributed by atoms with Gasteiger partial charge in [-0.3, -0.25) is 0 Å². The fourth-order valence-corrected chi connectivity index (χ4v) is 2.32. The van der Waals surface area contributed by atoms with Gasteiger partial charge in [0.25, 0.3) is 11.9 Å². The highest BCUT2D eigenvalue weighted by Gasteiger charge is 2.50. The summed E-state index contributed by atoms with van der Waals surface area (Å²) in [4.78, 5) is 0. The van der Waals surface area contributed by atoms with Crippen LogP contribution in [0.3, 0.4) is 0 Å². The van der Waals surface area contributed by atoms with Crippen LogP contribution in [0.2, 0.25) is 0 Å². The minimum atomic E-state index is -0.925. The van der Waals surface area contributed by atoms with E-state index >= 15 is 0 Å². The first kappa shape index (κ1) is 22.8. The molecule has 140 valence electrons. The highest BCUT2D eigenvalue weighted by atomic mass is 16.9. The lowest BCUT2D eigenvalue weighted by Crippen LogP contribution is -2.59. The molecule has 0 amide bonds. The van der Waals surface area contributed by atoms with Gasteiger partial charge in [-0.15, -0.1) is 0 Å². The van der Waals surface area contributed by atoms with Gasteiger partial charge in [-0.2, -0.15) is 0 Å². The zero-order valence-corrected chi connectivity index (χ0v) is 16.2. The minimum absolute atomic E-state index is 0.283. The fourth-order valence-electron chi connectivity index (χ4n) is 2.32. The molecule has 6 heteroatoms. The highest BCUT2D eigenvalue weighted by molar-refractivity contribution is 4.86. The van der Waals surface area contributed by atoms with E-state index in [4.69, 9.17) is 28.4 Å². The van der Waals surface area contributed by atoms with Crippen molar-refractivity contribution >= 4 is 0 Å². The van der Waals surface area contributed by atoms with Crippen molar-refractivity contribution in [3.8, 4) is 0 Å². The van der Waals surface area contributed by atoms with Gasteiger partial charge in [0.1, 0.15) is 0 Å². The predicted octanol–water partition coefficient (Wildman–Crippen LogP) is 3.54. The van der Waals surface area contributed by atoms with Gasteiger partial charge >= 0.3 is 0 Å². The van der Waals surface area contributed by atoms with Gasteiger partial charge in [0.15, 0.2) is 0 Å². The van der Waals surface area contributed by atoms with E-state index in [1.54, 1.807) is 14.2 Å². The third kappa shape index (κ3) is 5.37. The number of ether oxygens (including phenoxy) is 6. The molecule has 0 aromatic carbocycles. The van der Waals surface area contributed by atoms with Gasteiger partial charge in [0.2, 0.25) is 0 Å². The quantitative estimate of drug-likeness (QED) is 0.783. The molecule has 2 saturated heterocycles. The van der Waals surface area contributed by atoms with E-state index in [-0.39, 0.29) is 5.41 Å². The standard InChI is InChI=1S/C13H24O6.2C2H6/c1-5-12(14-3)16-7-11(8-17-12)9-18-13(6-2,15-4)19-10-11;2*1-2/h5-10H2,1-4H3;2*1-2H3. The third-order valence-electron chi connectivity index (χ3n) is 3.88. The van der Waals surface area contributed by atoms with Gasteiger partial charge in [0.05, 0.1) is 31.8 Å². The minimum Gasteiger partial charge on any atom is -0.331 e. The van der Waals surface area contributed by atoms with Gasteiger partial charge < -0.3 is 28.4 Å². The first-order valence-corrected chi connectivity index (χ1v) is 8.73. The molecule has 0 bridgehead atoms. The molecule has 0 unspecified atom stereocenters. The Morgan fingerprint density at radius 1 is 0.652 bits per heavy atom. The average molecular weight is 336 g/mol. The van der Waals surface area contributed by atoms with Crippen LogP contribution in [0.1, 0.15) is 54.4 Å². The van der Waals surface area contributed by atoms with Crippen LogP contribution in [0.15, 0.2) is 0 Å². The van der Waals surface area contributed by atoms with E-state index in [2.05, 4.69) is 0 Å². The molecule has 0 aromatic rings. The lowest BCUT2D eigenvalue weighted by atomic mass is 9.90. The van der Waals surface area contributed by atoms with Crippen LogP contribution in [0.25, 0.3) is 0 Å². The van der Waals surface area contributed by atoms with Crippen molar-refractivity contribution in [3.05, 3.63) is 0 Å². The molecule has 0 atom stereocenters. The molecule has 23 heavy (non-hydrogen) atoms. The first-order chi connectivity index (χ1) is 11.1. The monoisotopic (exact) mass is 336 g/mol. The number of hydrogen-bond acceptors (Lipinski definition) is 6. The molecule has 0 aliphatic carbocycles. The van der Waals surface area contributed by atoms with Crippen LogP contribution in [-0.2, 0) is 28.4 Å². The third-order valence-corrected chi connectivity index (χ3v) is 3.88. The SMILES string of the molecule is CC.CC.CCC1(OC)OCC2(CO1)COC(CC)(OC)OC2. The smallest absolute Gasteiger partial charge is 0.282 e. The zero-order chi connectivity index (χ0) is 18.0. The van der Waals surface area contributed by atoms with Crippen LogP contribution in [0.5, 0.6) is 0 Å². The van der Waals surface area contributed by atoms with Crippen LogP contribution in [-0.4, -0.2) is 52.6 Å². The van der Waals surface area contributed by atoms with Gasteiger partial charge in [-0.1, -0.05) is 41.5 Å². The fraction of sp³-hybridized carbons (Fsp3) is 1.00. The molecule has 2 rings (SSSR count). The zero-order valence-electron chi connectivity index (χ0n) is 16.2. The molecular formula is C17H36O6. The summed E-state index contributed by atoms with van der Waals surface area (Å²) in [7, 11) is 3.17. The maximum atomic E-state index is 5.75. The van der Waals surface area contributed by atoms with Crippen LogP contribution in [0, 0.1) is 5.41 Å². The van der Waals surface area contributed by atoms with E-state index in [9.17, 15) is 0 Å². The summed E-state index contributed by atoms with van der Waals surface area (Å²) in [5, 5.41) is 0. The van der Waals surface area contributed by atoms with Crippen molar-refractivity contribution < 1.29 is 28.4 Å². The van der Waals surface area contributed by atoms with Crippen molar-refractivity contribution in [3.63, 3.8) is 0 Å². The molecular weight excluding hydrogens is 300 g/mol. The van der Waals surface area contributed by atoms with Crippen LogP contribution < -0.4 is 0 Å². The van der Waals surface area contributed by atoms with Crippen LogP contribution >= 0.6 is 0 Å². The Labute approximate surface area is 141 Å². The highest BCUT2D eigenvalue weighted by Crippen LogP contribution is 2.38. The Morgan fingerprint density at radius 3 is 1.09 bits per heavy atom. The molecule has 0 saturated carbocycles. The summed E-state index contributed by atoms with van der Waals surface area (Å²) in [6.45, 7) is 13.9. The summed E-state index contributed by atoms with van der Waals surface area (Å²) in [5.74, 6) is -1.85. The second-order valence-corrected chi connectivity index (χ2v) is 5.14. The molecule has 2 aliphatic heterocycles. The summed E-state index contributed by atoms with van der Waals surface area (Å²) >= 11 is 0. The van der Waals surface area contributed by atoms with E-state index in [1.807, 2.05) is 41.5 Å². The van der Waals surface area contributed by atoms with Crippen molar-refractivity contribution in [2.45, 2.75) is 66.3 Å². The van der Waals surface area contributed by atoms with E-state index in [0.717, 1.165) is 0 Å². The lowest BCUT2D eigenvalue weighted by molar-refractivity contribution is -0.459. The molecule has 0 radical (unpaired) electrons. The van der Waals surface area contributed by atoms with Gasteiger partial charge in [-0.05, 0) is 0 Å². The molecule has 2 fully saturated rings. The van der Waals surface area contributed by atoms with Crippen molar-refractivity contribution in [2.75, 3.05) is 40.6 Å². The van der Waals surface area contributed by atoms with Crippen molar-refractivity contribution in [2.24, 2.45) is 5.41 Å². The predicted molar refractivity (Wildman–Crippen MR) is 89.0 cm³/mol. The number of hydrogen-bond donors (Lipinski definition) is 0. The average Bonchev–Trinajstić information content (AvgIpc) is 2.67. The van der Waals surface area contributed by atoms with Gasteiger partial charge in [0, 0.05) is 27.1 Å². The first-order valence-electron chi connectivity index (χ1n) is 8.73. The summed E-state index contributed by atoms with van der Waals surface area (Å²) in [6.07, 6.45) is 1.27. The van der Waals surface area contributed by atoms with Crippen molar-refractivity contribution in [1.29, 1.82) is 0 Å². The number of rotatable bonds is 4. The lowest BCUT2D eigenvalue weighted by Gasteiger charge is -2.49. The van der Waals surface area contributed by atoms with E-state index in [0.29, 0.717) is 39.3 Å². The maximum Gasteiger partial charge on any atom is 0.282 e. The Morgan fingerprint density at radius 2 is 0.913 bits per heavy atom. The molecule has 6 nitrogen and oxygen atoms in total. The second kappa shape index (κ2) is 10.6. The maximum absolute atomic E-state index is 5.75. The molecule has 2 heterocycles. The van der Waals surface area contributed by atoms with Crippen molar-refractivity contribution in [1.82, 2.24) is 0 Å². The summed E-state index contributed by atoms with van der Waals surface area (Å²) in [5.41, 5.74) is -0.283. The summed E-state index contributed by atoms with van der Waals surface area (Å²) in [6, 6.07) is 0. The van der Waals surface area contributed by atoms with Crippen LogP contribution in [0.4, 0.5) is 0 Å².